The van der Waals surface area contributed by atoms with Crippen LogP contribution < -0.4 is 15.4 Å². The summed E-state index contributed by atoms with van der Waals surface area (Å²) in [7, 11) is 0. The molecule has 23 heavy (non-hydrogen) atoms. The van der Waals surface area contributed by atoms with Gasteiger partial charge in [0.15, 0.2) is 0 Å². The molecule has 1 aliphatic heterocycles. The highest BCUT2D eigenvalue weighted by molar-refractivity contribution is 6.30. The molecule has 118 valence electrons. The van der Waals surface area contributed by atoms with Gasteiger partial charge in [0.1, 0.15) is 5.75 Å². The first-order valence-corrected chi connectivity index (χ1v) is 7.49. The van der Waals surface area contributed by atoms with E-state index in [9.17, 15) is 9.59 Å². The number of hydrogen-bond donors (Lipinski definition) is 2. The van der Waals surface area contributed by atoms with Gasteiger partial charge in [0.05, 0.1) is 5.69 Å². The molecular formula is C17H15ClN2O3. The molecule has 0 saturated heterocycles. The highest BCUT2D eigenvalue weighted by Gasteiger charge is 2.47. The van der Waals surface area contributed by atoms with Gasteiger partial charge in [-0.1, -0.05) is 35.9 Å². The van der Waals surface area contributed by atoms with E-state index in [1.165, 1.54) is 6.92 Å². The van der Waals surface area contributed by atoms with Crippen LogP contribution in [0.3, 0.4) is 0 Å². The molecule has 2 aromatic rings. The molecular weight excluding hydrogens is 316 g/mol. The summed E-state index contributed by atoms with van der Waals surface area (Å²) in [6.07, 6.45) is 0. The van der Waals surface area contributed by atoms with Crippen LogP contribution in [0.25, 0.3) is 0 Å². The fraction of sp³-hybridized carbons (Fsp3) is 0.176. The van der Waals surface area contributed by atoms with Gasteiger partial charge in [0.25, 0.3) is 17.4 Å². The molecule has 0 radical (unpaired) electrons. The van der Waals surface area contributed by atoms with Crippen LogP contribution in [0.1, 0.15) is 12.5 Å². The van der Waals surface area contributed by atoms with Crippen LogP contribution in [-0.4, -0.2) is 17.4 Å². The zero-order valence-electron chi connectivity index (χ0n) is 12.4. The topological polar surface area (TPSA) is 67.4 Å². The Bertz CT molecular complexity index is 761. The fourth-order valence-electron chi connectivity index (χ4n) is 2.27. The number of carbonyl (C=O) groups is 2. The largest absolute Gasteiger partial charge is 0.466 e. The van der Waals surface area contributed by atoms with Gasteiger partial charge < -0.3 is 15.4 Å². The van der Waals surface area contributed by atoms with Gasteiger partial charge in [0, 0.05) is 11.6 Å². The Labute approximate surface area is 138 Å². The molecule has 0 aromatic heterocycles. The third kappa shape index (κ3) is 3.00. The summed E-state index contributed by atoms with van der Waals surface area (Å²) in [4.78, 5) is 24.7. The van der Waals surface area contributed by atoms with Gasteiger partial charge in [-0.15, -0.1) is 0 Å². The quantitative estimate of drug-likeness (QED) is 0.850. The van der Waals surface area contributed by atoms with E-state index < -0.39 is 17.4 Å². The number of rotatable bonds is 3. The van der Waals surface area contributed by atoms with Crippen molar-refractivity contribution in [1.82, 2.24) is 5.32 Å². The van der Waals surface area contributed by atoms with E-state index in [0.29, 0.717) is 16.5 Å². The number of nitrogens with one attached hydrogen (secondary N) is 2. The molecule has 0 spiro atoms. The van der Waals surface area contributed by atoms with Crippen LogP contribution >= 0.6 is 11.6 Å². The maximum Gasteiger partial charge on any atom is 0.278 e. The van der Waals surface area contributed by atoms with Crippen molar-refractivity contribution in [1.29, 1.82) is 0 Å². The number of fused-ring (bicyclic) bond motifs is 1. The maximum atomic E-state index is 12.5. The molecule has 0 aliphatic carbocycles. The Hall–Kier alpha value is -2.53. The lowest BCUT2D eigenvalue weighted by molar-refractivity contribution is -0.146. The Morgan fingerprint density at radius 1 is 1.22 bits per heavy atom. The summed E-state index contributed by atoms with van der Waals surface area (Å²) in [6, 6.07) is 14.1. The average molecular weight is 331 g/mol. The summed E-state index contributed by atoms with van der Waals surface area (Å²) in [6.45, 7) is 1.74. The molecule has 3 rings (SSSR count). The normalized spacial score (nSPS) is 19.3. The van der Waals surface area contributed by atoms with E-state index >= 15 is 0 Å². The van der Waals surface area contributed by atoms with Crippen molar-refractivity contribution < 1.29 is 14.3 Å². The predicted octanol–water partition coefficient (Wildman–Crippen LogP) is 2.75. The van der Waals surface area contributed by atoms with E-state index in [1.807, 2.05) is 12.1 Å². The zero-order valence-corrected chi connectivity index (χ0v) is 13.2. The Morgan fingerprint density at radius 3 is 2.65 bits per heavy atom. The van der Waals surface area contributed by atoms with Crippen LogP contribution in [0.2, 0.25) is 5.02 Å². The number of amides is 2. The van der Waals surface area contributed by atoms with Crippen molar-refractivity contribution in [3.63, 3.8) is 0 Å². The Balaban J connectivity index is 1.73. The second-order valence-corrected chi connectivity index (χ2v) is 5.83. The van der Waals surface area contributed by atoms with Crippen LogP contribution in [0, 0.1) is 0 Å². The number of carbonyl (C=O) groups excluding carboxylic acids is 2. The third-order valence-electron chi connectivity index (χ3n) is 3.68. The summed E-state index contributed by atoms with van der Waals surface area (Å²) in [5.41, 5.74) is -0.177. The fourth-order valence-corrected chi connectivity index (χ4v) is 2.40. The first-order chi connectivity index (χ1) is 11.0. The second-order valence-electron chi connectivity index (χ2n) is 5.39. The first-order valence-electron chi connectivity index (χ1n) is 7.11. The lowest BCUT2D eigenvalue weighted by atomic mass is 10.0. The van der Waals surface area contributed by atoms with Crippen LogP contribution in [0.5, 0.6) is 5.75 Å². The van der Waals surface area contributed by atoms with E-state index in [4.69, 9.17) is 16.3 Å². The van der Waals surface area contributed by atoms with Gasteiger partial charge in [-0.2, -0.15) is 0 Å². The molecule has 2 aromatic carbocycles. The van der Waals surface area contributed by atoms with Crippen molar-refractivity contribution in [3.8, 4) is 5.75 Å². The number of anilines is 1. The van der Waals surface area contributed by atoms with Crippen molar-refractivity contribution in [2.75, 3.05) is 5.32 Å². The monoisotopic (exact) mass is 330 g/mol. The number of ether oxygens (including phenoxy) is 1. The Morgan fingerprint density at radius 2 is 1.91 bits per heavy atom. The minimum atomic E-state index is -1.61. The molecule has 2 amide bonds. The number of para-hydroxylation sites is 2. The molecule has 5 nitrogen and oxygen atoms in total. The lowest BCUT2D eigenvalue weighted by Gasteiger charge is -2.33. The van der Waals surface area contributed by atoms with Crippen molar-refractivity contribution in [2.24, 2.45) is 0 Å². The molecule has 2 N–H and O–H groups in total. The van der Waals surface area contributed by atoms with E-state index in [-0.39, 0.29) is 6.54 Å². The van der Waals surface area contributed by atoms with Crippen LogP contribution in [0.4, 0.5) is 5.69 Å². The highest BCUT2D eigenvalue weighted by Crippen LogP contribution is 2.33. The number of halogens is 1. The number of hydrogen-bond acceptors (Lipinski definition) is 3. The molecule has 1 aliphatic rings. The standard InChI is InChI=1S/C17H15ClN2O3/c1-17(15(21)19-10-11-6-8-12(18)9-7-11)16(22)20-13-4-2-3-5-14(13)23-17/h2-9H,10H2,1H3,(H,19,21)(H,20,22)/t17-/m1/s1. The van der Waals surface area contributed by atoms with Gasteiger partial charge in [-0.25, -0.2) is 0 Å². The summed E-state index contributed by atoms with van der Waals surface area (Å²) in [5, 5.41) is 6.04. The van der Waals surface area contributed by atoms with Gasteiger partial charge in [-0.05, 0) is 36.8 Å². The van der Waals surface area contributed by atoms with Gasteiger partial charge in [-0.3, -0.25) is 9.59 Å². The summed E-state index contributed by atoms with van der Waals surface area (Å²) in [5.74, 6) is -0.527. The molecule has 1 heterocycles. The highest BCUT2D eigenvalue weighted by atomic mass is 35.5. The lowest BCUT2D eigenvalue weighted by Crippen LogP contribution is -2.58. The second kappa shape index (κ2) is 5.93. The first kappa shape index (κ1) is 15.4. The van der Waals surface area contributed by atoms with Gasteiger partial charge in [0.2, 0.25) is 0 Å². The molecule has 0 fully saturated rings. The zero-order chi connectivity index (χ0) is 16.4. The van der Waals surface area contributed by atoms with E-state index in [0.717, 1.165) is 5.56 Å². The van der Waals surface area contributed by atoms with Crippen molar-refractivity contribution in [3.05, 3.63) is 59.1 Å². The van der Waals surface area contributed by atoms with E-state index in [2.05, 4.69) is 10.6 Å². The van der Waals surface area contributed by atoms with Gasteiger partial charge >= 0.3 is 0 Å². The van der Waals surface area contributed by atoms with Crippen LogP contribution in [-0.2, 0) is 16.1 Å². The van der Waals surface area contributed by atoms with E-state index in [1.54, 1.807) is 36.4 Å². The molecule has 0 bridgehead atoms. The molecule has 1 atom stereocenters. The molecule has 0 saturated carbocycles. The smallest absolute Gasteiger partial charge is 0.278 e. The number of benzene rings is 2. The summed E-state index contributed by atoms with van der Waals surface area (Å²) < 4.78 is 5.66. The molecule has 0 unspecified atom stereocenters. The average Bonchev–Trinajstić information content (AvgIpc) is 2.55. The Kier molecular flexibility index (Phi) is 3.96. The van der Waals surface area contributed by atoms with Crippen molar-refractivity contribution in [2.45, 2.75) is 19.1 Å². The van der Waals surface area contributed by atoms with Crippen LogP contribution in [0.15, 0.2) is 48.5 Å². The predicted molar refractivity (Wildman–Crippen MR) is 87.4 cm³/mol. The van der Waals surface area contributed by atoms with Crippen molar-refractivity contribution >= 4 is 29.1 Å². The third-order valence-corrected chi connectivity index (χ3v) is 3.93. The minimum absolute atomic E-state index is 0.282. The minimum Gasteiger partial charge on any atom is -0.466 e. The maximum absolute atomic E-state index is 12.5. The summed E-state index contributed by atoms with van der Waals surface area (Å²) >= 11 is 5.82. The SMILES string of the molecule is C[C@]1(C(=O)NCc2ccc(Cl)cc2)Oc2ccccc2NC1=O. The molecule has 6 heteroatoms.